The lowest BCUT2D eigenvalue weighted by molar-refractivity contribution is -0.115. The minimum atomic E-state index is -0.265. The zero-order valence-corrected chi connectivity index (χ0v) is 12.6. The van der Waals surface area contributed by atoms with Gasteiger partial charge in [0, 0.05) is 10.7 Å². The summed E-state index contributed by atoms with van der Waals surface area (Å²) < 4.78 is 0. The summed E-state index contributed by atoms with van der Waals surface area (Å²) in [5.74, 6) is -0.123. The van der Waals surface area contributed by atoms with Crippen molar-refractivity contribution in [2.24, 2.45) is 0 Å². The monoisotopic (exact) mass is 315 g/mol. The van der Waals surface area contributed by atoms with Gasteiger partial charge in [0.25, 0.3) is 0 Å². The number of rotatable bonds is 3. The minimum absolute atomic E-state index is 0.123. The molecule has 5 nitrogen and oxygen atoms in total. The van der Waals surface area contributed by atoms with Crippen LogP contribution in [-0.4, -0.2) is 15.9 Å². The maximum Gasteiger partial charge on any atom is 0.323 e. The molecule has 0 bridgehead atoms. The number of H-pyrrole nitrogens is 2. The standard InChI is InChI=1S/C16H14ClN3O2/c1-9-6-13-14(20-16(22)19-13)8-12(9)18-15(21)7-10-2-4-11(17)5-3-10/h2-6,8H,7H2,1H3,(H,18,21)(H2,19,20,22). The second-order valence-electron chi connectivity index (χ2n) is 5.14. The number of amides is 1. The predicted molar refractivity (Wildman–Crippen MR) is 87.4 cm³/mol. The highest BCUT2D eigenvalue weighted by atomic mass is 35.5. The number of anilines is 1. The van der Waals surface area contributed by atoms with Crippen molar-refractivity contribution in [2.45, 2.75) is 13.3 Å². The predicted octanol–water partition coefficient (Wildman–Crippen LogP) is 3.00. The molecule has 0 radical (unpaired) electrons. The Morgan fingerprint density at radius 1 is 1.14 bits per heavy atom. The number of halogens is 1. The number of benzene rings is 2. The third-order valence-electron chi connectivity index (χ3n) is 3.41. The number of imidazole rings is 1. The molecule has 1 aromatic heterocycles. The molecule has 0 aliphatic rings. The Morgan fingerprint density at radius 2 is 1.77 bits per heavy atom. The van der Waals surface area contributed by atoms with Crippen molar-refractivity contribution < 1.29 is 4.79 Å². The van der Waals surface area contributed by atoms with Gasteiger partial charge < -0.3 is 15.3 Å². The number of hydrogen-bond donors (Lipinski definition) is 3. The molecule has 0 aliphatic carbocycles. The number of hydrogen-bond acceptors (Lipinski definition) is 2. The van der Waals surface area contributed by atoms with Crippen LogP contribution in [0.25, 0.3) is 11.0 Å². The van der Waals surface area contributed by atoms with E-state index in [9.17, 15) is 9.59 Å². The van der Waals surface area contributed by atoms with Crippen molar-refractivity contribution in [3.8, 4) is 0 Å². The van der Waals surface area contributed by atoms with E-state index in [2.05, 4.69) is 15.3 Å². The summed E-state index contributed by atoms with van der Waals surface area (Å²) in [7, 11) is 0. The summed E-state index contributed by atoms with van der Waals surface area (Å²) >= 11 is 5.82. The minimum Gasteiger partial charge on any atom is -0.325 e. The van der Waals surface area contributed by atoms with Gasteiger partial charge in [-0.1, -0.05) is 23.7 Å². The Kier molecular flexibility index (Phi) is 3.73. The molecule has 3 rings (SSSR count). The number of carbonyl (C=O) groups excluding carboxylic acids is 1. The molecule has 0 saturated carbocycles. The van der Waals surface area contributed by atoms with Crippen molar-refractivity contribution in [1.29, 1.82) is 0 Å². The number of aromatic amines is 2. The molecule has 0 fully saturated rings. The fourth-order valence-corrected chi connectivity index (χ4v) is 2.43. The van der Waals surface area contributed by atoms with E-state index in [-0.39, 0.29) is 18.0 Å². The Morgan fingerprint density at radius 3 is 2.45 bits per heavy atom. The van der Waals surface area contributed by atoms with Gasteiger partial charge in [-0.05, 0) is 42.3 Å². The Labute approximate surface area is 131 Å². The molecule has 0 atom stereocenters. The van der Waals surface area contributed by atoms with Gasteiger partial charge in [-0.15, -0.1) is 0 Å². The van der Waals surface area contributed by atoms with Crippen LogP contribution in [0.1, 0.15) is 11.1 Å². The van der Waals surface area contributed by atoms with Crippen LogP contribution in [0.5, 0.6) is 0 Å². The largest absolute Gasteiger partial charge is 0.325 e. The molecule has 0 saturated heterocycles. The van der Waals surface area contributed by atoms with Gasteiger partial charge in [0.05, 0.1) is 17.5 Å². The van der Waals surface area contributed by atoms with Crippen LogP contribution < -0.4 is 11.0 Å². The molecule has 2 aromatic carbocycles. The van der Waals surface area contributed by atoms with Crippen LogP contribution in [0.2, 0.25) is 5.02 Å². The first-order valence-electron chi connectivity index (χ1n) is 6.78. The molecule has 0 aliphatic heterocycles. The molecular formula is C16H14ClN3O2. The lowest BCUT2D eigenvalue weighted by Crippen LogP contribution is -2.15. The average Bonchev–Trinajstić information content (AvgIpc) is 2.81. The molecular weight excluding hydrogens is 302 g/mol. The highest BCUT2D eigenvalue weighted by Crippen LogP contribution is 2.20. The molecule has 1 amide bonds. The summed E-state index contributed by atoms with van der Waals surface area (Å²) in [6.07, 6.45) is 0.262. The Hall–Kier alpha value is -2.53. The molecule has 0 spiro atoms. The third-order valence-corrected chi connectivity index (χ3v) is 3.66. The third kappa shape index (κ3) is 3.04. The molecule has 1 heterocycles. The summed E-state index contributed by atoms with van der Waals surface area (Å²) in [6.45, 7) is 1.88. The number of nitrogens with one attached hydrogen (secondary N) is 3. The van der Waals surface area contributed by atoms with Crippen molar-refractivity contribution in [1.82, 2.24) is 9.97 Å². The molecule has 22 heavy (non-hydrogen) atoms. The highest BCUT2D eigenvalue weighted by Gasteiger charge is 2.09. The van der Waals surface area contributed by atoms with Gasteiger partial charge in [0.2, 0.25) is 5.91 Å². The van der Waals surface area contributed by atoms with Crippen LogP contribution in [0.4, 0.5) is 5.69 Å². The smallest absolute Gasteiger partial charge is 0.323 e. The van der Waals surface area contributed by atoms with E-state index in [1.165, 1.54) is 0 Å². The first-order valence-corrected chi connectivity index (χ1v) is 7.16. The summed E-state index contributed by atoms with van der Waals surface area (Å²) in [6, 6.07) is 10.7. The SMILES string of the molecule is Cc1cc2[nH]c(=O)[nH]c2cc1NC(=O)Cc1ccc(Cl)cc1. The number of aromatic nitrogens is 2. The molecule has 3 N–H and O–H groups in total. The molecule has 0 unspecified atom stereocenters. The van der Waals surface area contributed by atoms with Crippen molar-refractivity contribution >= 4 is 34.2 Å². The van der Waals surface area contributed by atoms with Crippen molar-refractivity contribution in [3.63, 3.8) is 0 Å². The van der Waals surface area contributed by atoms with Gasteiger partial charge in [0.1, 0.15) is 0 Å². The molecule has 112 valence electrons. The quantitative estimate of drug-likeness (QED) is 0.695. The fraction of sp³-hybridized carbons (Fsp3) is 0.125. The van der Waals surface area contributed by atoms with Gasteiger partial charge in [-0.3, -0.25) is 4.79 Å². The Balaban J connectivity index is 1.79. The van der Waals surface area contributed by atoms with E-state index in [0.29, 0.717) is 16.2 Å². The number of carbonyl (C=O) groups is 1. The van der Waals surface area contributed by atoms with Gasteiger partial charge in [0.15, 0.2) is 0 Å². The van der Waals surface area contributed by atoms with E-state index in [1.54, 1.807) is 18.2 Å². The van der Waals surface area contributed by atoms with Crippen LogP contribution >= 0.6 is 11.6 Å². The van der Waals surface area contributed by atoms with E-state index in [4.69, 9.17) is 11.6 Å². The lowest BCUT2D eigenvalue weighted by Gasteiger charge is -2.09. The second-order valence-corrected chi connectivity index (χ2v) is 5.58. The van der Waals surface area contributed by atoms with E-state index >= 15 is 0 Å². The zero-order valence-electron chi connectivity index (χ0n) is 11.9. The van der Waals surface area contributed by atoms with Crippen LogP contribution in [0, 0.1) is 6.92 Å². The highest BCUT2D eigenvalue weighted by molar-refractivity contribution is 6.30. The number of aryl methyl sites for hydroxylation is 1. The van der Waals surface area contributed by atoms with Crippen LogP contribution in [0.15, 0.2) is 41.2 Å². The van der Waals surface area contributed by atoms with Gasteiger partial charge in [-0.25, -0.2) is 4.79 Å². The normalized spacial score (nSPS) is 10.8. The first-order chi connectivity index (χ1) is 10.5. The topological polar surface area (TPSA) is 77.8 Å². The molecule has 6 heteroatoms. The summed E-state index contributed by atoms with van der Waals surface area (Å²) in [5.41, 5.74) is 3.57. The van der Waals surface area contributed by atoms with Crippen LogP contribution in [-0.2, 0) is 11.2 Å². The average molecular weight is 316 g/mol. The maximum atomic E-state index is 12.1. The van der Waals surface area contributed by atoms with Gasteiger partial charge >= 0.3 is 5.69 Å². The maximum absolute atomic E-state index is 12.1. The van der Waals surface area contributed by atoms with E-state index < -0.39 is 0 Å². The zero-order chi connectivity index (χ0) is 15.7. The summed E-state index contributed by atoms with van der Waals surface area (Å²) in [5, 5.41) is 3.51. The van der Waals surface area contributed by atoms with E-state index in [0.717, 1.165) is 16.6 Å². The van der Waals surface area contributed by atoms with Crippen LogP contribution in [0.3, 0.4) is 0 Å². The first kappa shape index (κ1) is 14.4. The van der Waals surface area contributed by atoms with Crippen molar-refractivity contribution in [3.05, 3.63) is 63.0 Å². The number of fused-ring (bicyclic) bond motifs is 1. The summed E-state index contributed by atoms with van der Waals surface area (Å²) in [4.78, 5) is 28.8. The van der Waals surface area contributed by atoms with Gasteiger partial charge in [-0.2, -0.15) is 0 Å². The van der Waals surface area contributed by atoms with Crippen molar-refractivity contribution in [2.75, 3.05) is 5.32 Å². The lowest BCUT2D eigenvalue weighted by atomic mass is 10.1. The fourth-order valence-electron chi connectivity index (χ4n) is 2.31. The molecule has 3 aromatic rings. The van der Waals surface area contributed by atoms with E-state index in [1.807, 2.05) is 25.1 Å². The Bertz CT molecular complexity index is 894. The second kappa shape index (κ2) is 5.69.